The van der Waals surface area contributed by atoms with Crippen LogP contribution in [0.3, 0.4) is 0 Å². The van der Waals surface area contributed by atoms with Gasteiger partial charge in [-0.3, -0.25) is 9.59 Å². The summed E-state index contributed by atoms with van der Waals surface area (Å²) in [6.07, 6.45) is -1.10. The van der Waals surface area contributed by atoms with E-state index in [9.17, 15) is 9.59 Å². The molecule has 0 spiro atoms. The molecule has 5 nitrogen and oxygen atoms in total. The van der Waals surface area contributed by atoms with Crippen LogP contribution in [0.2, 0.25) is 0 Å². The van der Waals surface area contributed by atoms with Crippen LogP contribution in [-0.2, 0) is 19.1 Å². The lowest BCUT2D eigenvalue weighted by Crippen LogP contribution is -2.22. The molecule has 0 rings (SSSR count). The number of carbonyl (C=O) groups excluding carboxylic acids is 2. The topological polar surface area (TPSA) is 76.4 Å². The number of carbonyl (C=O) groups is 2. The molecule has 0 aliphatic heterocycles. The second-order valence-corrected chi connectivity index (χ2v) is 2.88. The third kappa shape index (κ3) is 6.00. The van der Waals surface area contributed by atoms with E-state index >= 15 is 0 Å². The van der Waals surface area contributed by atoms with Crippen molar-refractivity contribution in [2.24, 2.45) is 0 Å². The van der Waals surface area contributed by atoms with Crippen LogP contribution in [0.15, 0.2) is 0 Å². The van der Waals surface area contributed by atoms with Crippen LogP contribution in [0.4, 0.5) is 0 Å². The number of ether oxygens (including phenoxy) is 2. The maximum Gasteiger partial charge on any atom is 0.303 e. The van der Waals surface area contributed by atoms with Gasteiger partial charge in [-0.2, -0.15) is 5.26 Å². The SMILES string of the molecule is CC(=O)OC(C)CC(C#N)OC(C)=O. The van der Waals surface area contributed by atoms with Crippen molar-refractivity contribution in [3.8, 4) is 6.07 Å². The van der Waals surface area contributed by atoms with Crippen LogP contribution >= 0.6 is 0 Å². The molecule has 0 saturated heterocycles. The van der Waals surface area contributed by atoms with Gasteiger partial charge in [0.05, 0.1) is 0 Å². The van der Waals surface area contributed by atoms with Crippen molar-refractivity contribution in [1.82, 2.24) is 0 Å². The Kier molecular flexibility index (Phi) is 5.30. The summed E-state index contributed by atoms with van der Waals surface area (Å²) >= 11 is 0. The lowest BCUT2D eigenvalue weighted by atomic mass is 10.2. The minimum Gasteiger partial charge on any atom is -0.463 e. The van der Waals surface area contributed by atoms with Crippen molar-refractivity contribution in [1.29, 1.82) is 5.26 Å². The summed E-state index contributed by atoms with van der Waals surface area (Å²) in [7, 11) is 0. The predicted molar refractivity (Wildman–Crippen MR) is 47.0 cm³/mol. The summed E-state index contributed by atoms with van der Waals surface area (Å²) in [6.45, 7) is 4.14. The van der Waals surface area contributed by atoms with Crippen molar-refractivity contribution < 1.29 is 19.1 Å². The first kappa shape index (κ1) is 12.4. The Morgan fingerprint density at radius 1 is 1.29 bits per heavy atom. The van der Waals surface area contributed by atoms with Gasteiger partial charge in [-0.25, -0.2) is 0 Å². The molecule has 14 heavy (non-hydrogen) atoms. The van der Waals surface area contributed by atoms with Gasteiger partial charge in [0.1, 0.15) is 12.2 Å². The van der Waals surface area contributed by atoms with Gasteiger partial charge in [0.25, 0.3) is 0 Å². The smallest absolute Gasteiger partial charge is 0.303 e. The minimum atomic E-state index is -0.859. The Balaban J connectivity index is 3.99. The van der Waals surface area contributed by atoms with Crippen molar-refractivity contribution in [3.05, 3.63) is 0 Å². The highest BCUT2D eigenvalue weighted by Gasteiger charge is 2.16. The van der Waals surface area contributed by atoms with Crippen LogP contribution in [0.25, 0.3) is 0 Å². The van der Waals surface area contributed by atoms with Gasteiger partial charge >= 0.3 is 11.9 Å². The van der Waals surface area contributed by atoms with Gasteiger partial charge in [0, 0.05) is 20.3 Å². The lowest BCUT2D eigenvalue weighted by Gasteiger charge is -2.15. The molecule has 0 bridgehead atoms. The second kappa shape index (κ2) is 5.97. The summed E-state index contributed by atoms with van der Waals surface area (Å²) in [5.41, 5.74) is 0. The second-order valence-electron chi connectivity index (χ2n) is 2.88. The van der Waals surface area contributed by atoms with Crippen molar-refractivity contribution in [3.63, 3.8) is 0 Å². The molecule has 5 heteroatoms. The molecule has 2 atom stereocenters. The number of hydrogen-bond acceptors (Lipinski definition) is 5. The van der Waals surface area contributed by atoms with Crippen LogP contribution < -0.4 is 0 Å². The maximum absolute atomic E-state index is 10.5. The highest BCUT2D eigenvalue weighted by Crippen LogP contribution is 2.06. The summed E-state index contributed by atoms with van der Waals surface area (Å²) in [6, 6.07) is 1.80. The highest BCUT2D eigenvalue weighted by molar-refractivity contribution is 5.66. The van der Waals surface area contributed by atoms with E-state index in [4.69, 9.17) is 10.00 Å². The molecule has 0 amide bonds. The van der Waals surface area contributed by atoms with Gasteiger partial charge in [-0.05, 0) is 6.92 Å². The Labute approximate surface area is 82.6 Å². The number of esters is 2. The van der Waals surface area contributed by atoms with E-state index in [1.165, 1.54) is 13.8 Å². The largest absolute Gasteiger partial charge is 0.463 e. The summed E-state index contributed by atoms with van der Waals surface area (Å²) < 4.78 is 9.44. The van der Waals surface area contributed by atoms with Gasteiger partial charge in [0.2, 0.25) is 0 Å². The van der Waals surface area contributed by atoms with E-state index in [2.05, 4.69) is 4.74 Å². The first-order valence-electron chi connectivity index (χ1n) is 4.19. The molecule has 0 aliphatic rings. The molecule has 0 aromatic rings. The van der Waals surface area contributed by atoms with E-state index in [-0.39, 0.29) is 6.42 Å². The molecular weight excluding hydrogens is 186 g/mol. The first-order chi connectivity index (χ1) is 6.45. The van der Waals surface area contributed by atoms with E-state index < -0.39 is 24.1 Å². The van der Waals surface area contributed by atoms with Crippen LogP contribution in [-0.4, -0.2) is 24.1 Å². The fraction of sp³-hybridized carbons (Fsp3) is 0.667. The van der Waals surface area contributed by atoms with Gasteiger partial charge in [0.15, 0.2) is 6.10 Å². The summed E-state index contributed by atoms with van der Waals surface area (Å²) in [4.78, 5) is 21.1. The third-order valence-electron chi connectivity index (χ3n) is 1.37. The zero-order valence-electron chi connectivity index (χ0n) is 8.44. The molecule has 0 saturated carbocycles. The fourth-order valence-corrected chi connectivity index (χ4v) is 0.960. The van der Waals surface area contributed by atoms with Gasteiger partial charge in [-0.1, -0.05) is 0 Å². The Bertz CT molecular complexity index is 256. The van der Waals surface area contributed by atoms with E-state index in [1.54, 1.807) is 13.0 Å². The average molecular weight is 199 g/mol. The first-order valence-corrected chi connectivity index (χ1v) is 4.19. The molecule has 0 N–H and O–H groups in total. The van der Waals surface area contributed by atoms with Crippen LogP contribution in [0.1, 0.15) is 27.2 Å². The Hall–Kier alpha value is -1.57. The predicted octanol–water partition coefficient (Wildman–Crippen LogP) is 0.783. The van der Waals surface area contributed by atoms with Crippen molar-refractivity contribution >= 4 is 11.9 Å². The highest BCUT2D eigenvalue weighted by atomic mass is 16.6. The zero-order chi connectivity index (χ0) is 11.1. The minimum absolute atomic E-state index is 0.190. The number of rotatable bonds is 4. The van der Waals surface area contributed by atoms with Crippen molar-refractivity contribution in [2.45, 2.75) is 39.4 Å². The summed E-state index contributed by atoms with van der Waals surface area (Å²) in [5, 5.41) is 8.59. The van der Waals surface area contributed by atoms with E-state index in [1.807, 2.05) is 0 Å². The standard InChI is InChI=1S/C9H13NO4/c1-6(13-7(2)11)4-9(5-10)14-8(3)12/h6,9H,4H2,1-3H3. The summed E-state index contributed by atoms with van der Waals surface area (Å²) in [5.74, 6) is -0.941. The molecule has 0 fully saturated rings. The molecule has 0 aliphatic carbocycles. The number of nitriles is 1. The average Bonchev–Trinajstić information content (AvgIpc) is 2.00. The molecular formula is C9H13NO4. The third-order valence-corrected chi connectivity index (χ3v) is 1.37. The Morgan fingerprint density at radius 3 is 2.14 bits per heavy atom. The van der Waals surface area contributed by atoms with Gasteiger partial charge in [-0.15, -0.1) is 0 Å². The molecule has 78 valence electrons. The normalized spacial score (nSPS) is 13.6. The Morgan fingerprint density at radius 2 is 1.79 bits per heavy atom. The van der Waals surface area contributed by atoms with E-state index in [0.717, 1.165) is 0 Å². The number of hydrogen-bond donors (Lipinski definition) is 0. The fourth-order valence-electron chi connectivity index (χ4n) is 0.960. The monoisotopic (exact) mass is 199 g/mol. The number of nitrogens with zero attached hydrogens (tertiary/aromatic N) is 1. The van der Waals surface area contributed by atoms with E-state index in [0.29, 0.717) is 0 Å². The quantitative estimate of drug-likeness (QED) is 0.625. The molecule has 0 heterocycles. The van der Waals surface area contributed by atoms with Gasteiger partial charge < -0.3 is 9.47 Å². The molecule has 0 aromatic carbocycles. The molecule has 0 radical (unpaired) electrons. The lowest BCUT2D eigenvalue weighted by molar-refractivity contribution is -0.149. The maximum atomic E-state index is 10.5. The van der Waals surface area contributed by atoms with Crippen molar-refractivity contribution in [2.75, 3.05) is 0 Å². The molecule has 0 aromatic heterocycles. The van der Waals surface area contributed by atoms with Crippen LogP contribution in [0, 0.1) is 11.3 Å². The zero-order valence-corrected chi connectivity index (χ0v) is 8.44. The molecule has 2 unspecified atom stereocenters. The van der Waals surface area contributed by atoms with Crippen LogP contribution in [0.5, 0.6) is 0 Å².